The Hall–Kier alpha value is -0.850. The van der Waals surface area contributed by atoms with E-state index in [-0.39, 0.29) is 6.04 Å². The molecule has 1 saturated heterocycles. The predicted molar refractivity (Wildman–Crippen MR) is 82.7 cm³/mol. The highest BCUT2D eigenvalue weighted by Gasteiger charge is 2.37. The van der Waals surface area contributed by atoms with Crippen LogP contribution in [0.15, 0.2) is 9.31 Å². The summed E-state index contributed by atoms with van der Waals surface area (Å²) >= 11 is 0. The summed E-state index contributed by atoms with van der Waals surface area (Å²) in [5, 5.41) is 3.03. The monoisotopic (exact) mass is 314 g/mol. The first-order chi connectivity index (χ1) is 9.78. The van der Waals surface area contributed by atoms with E-state index in [0.717, 1.165) is 18.4 Å². The van der Waals surface area contributed by atoms with E-state index < -0.39 is 10.0 Å². The summed E-state index contributed by atoms with van der Waals surface area (Å²) < 4.78 is 33.4. The van der Waals surface area contributed by atoms with Gasteiger partial charge in [0.25, 0.3) is 0 Å². The molecule has 5 nitrogen and oxygen atoms in total. The van der Waals surface area contributed by atoms with E-state index in [1.54, 1.807) is 11.2 Å². The zero-order valence-electron chi connectivity index (χ0n) is 13.6. The van der Waals surface area contributed by atoms with Crippen molar-refractivity contribution in [1.82, 2.24) is 9.62 Å². The largest absolute Gasteiger partial charge is 0.465 e. The van der Waals surface area contributed by atoms with E-state index in [0.29, 0.717) is 35.4 Å². The second-order valence-corrected chi connectivity index (χ2v) is 7.97. The first-order valence-corrected chi connectivity index (χ1v) is 8.98. The lowest BCUT2D eigenvalue weighted by Gasteiger charge is -2.35. The first kappa shape index (κ1) is 16.5. The van der Waals surface area contributed by atoms with Crippen molar-refractivity contribution in [2.24, 2.45) is 5.92 Å². The summed E-state index contributed by atoms with van der Waals surface area (Å²) in [5.74, 6) is 1.75. The quantitative estimate of drug-likeness (QED) is 0.927. The third kappa shape index (κ3) is 3.03. The van der Waals surface area contributed by atoms with Gasteiger partial charge in [-0.1, -0.05) is 6.92 Å². The van der Waals surface area contributed by atoms with Crippen LogP contribution >= 0.6 is 0 Å². The third-order valence-electron chi connectivity index (χ3n) is 4.32. The SMILES string of the molecule is CNCc1c(C)oc(C)c1S(=O)(=O)N1CCC(C)CC1C. The molecule has 1 fully saturated rings. The minimum atomic E-state index is -3.50. The number of furan rings is 1. The molecule has 0 spiro atoms. The number of hydrogen-bond donors (Lipinski definition) is 1. The smallest absolute Gasteiger partial charge is 0.247 e. The summed E-state index contributed by atoms with van der Waals surface area (Å²) in [4.78, 5) is 0.357. The lowest BCUT2D eigenvalue weighted by atomic mass is 9.95. The Labute approximate surface area is 127 Å². The van der Waals surface area contributed by atoms with E-state index in [1.165, 1.54) is 0 Å². The lowest BCUT2D eigenvalue weighted by Crippen LogP contribution is -2.44. The minimum absolute atomic E-state index is 0.0378. The van der Waals surface area contributed by atoms with Gasteiger partial charge in [0.05, 0.1) is 0 Å². The maximum atomic E-state index is 13.1. The van der Waals surface area contributed by atoms with Crippen molar-refractivity contribution in [3.8, 4) is 0 Å². The topological polar surface area (TPSA) is 62.6 Å². The molecule has 1 aromatic heterocycles. The number of nitrogens with one attached hydrogen (secondary N) is 1. The van der Waals surface area contributed by atoms with Crippen molar-refractivity contribution in [3.05, 3.63) is 17.1 Å². The lowest BCUT2D eigenvalue weighted by molar-refractivity contribution is 0.220. The van der Waals surface area contributed by atoms with E-state index in [4.69, 9.17) is 4.42 Å². The molecule has 21 heavy (non-hydrogen) atoms. The van der Waals surface area contributed by atoms with Crippen LogP contribution in [0, 0.1) is 19.8 Å². The maximum absolute atomic E-state index is 13.1. The van der Waals surface area contributed by atoms with Crippen LogP contribution in [0.3, 0.4) is 0 Å². The average Bonchev–Trinajstić information content (AvgIpc) is 2.64. The molecule has 1 aliphatic rings. The Morgan fingerprint density at radius 1 is 1.29 bits per heavy atom. The molecule has 0 saturated carbocycles. The van der Waals surface area contributed by atoms with Crippen molar-refractivity contribution in [1.29, 1.82) is 0 Å². The summed E-state index contributed by atoms with van der Waals surface area (Å²) in [5.41, 5.74) is 0.751. The average molecular weight is 314 g/mol. The Balaban J connectivity index is 2.45. The number of nitrogens with zero attached hydrogens (tertiary/aromatic N) is 1. The van der Waals surface area contributed by atoms with Gasteiger partial charge in [0.15, 0.2) is 0 Å². The molecule has 0 aromatic carbocycles. The molecule has 1 aromatic rings. The van der Waals surface area contributed by atoms with E-state index in [1.807, 2.05) is 20.9 Å². The molecule has 120 valence electrons. The second kappa shape index (κ2) is 6.10. The number of piperidine rings is 1. The number of sulfonamides is 1. The zero-order valence-corrected chi connectivity index (χ0v) is 14.4. The van der Waals surface area contributed by atoms with Gasteiger partial charge in [-0.05, 0) is 46.6 Å². The molecule has 2 heterocycles. The van der Waals surface area contributed by atoms with Gasteiger partial charge in [0.2, 0.25) is 10.0 Å². The van der Waals surface area contributed by atoms with E-state index in [2.05, 4.69) is 12.2 Å². The van der Waals surface area contributed by atoms with Crippen molar-refractivity contribution in [2.45, 2.75) is 58.0 Å². The molecule has 0 aliphatic carbocycles. The van der Waals surface area contributed by atoms with Gasteiger partial charge >= 0.3 is 0 Å². The number of rotatable bonds is 4. The molecule has 2 rings (SSSR count). The number of aryl methyl sites for hydroxylation is 2. The molecule has 0 amide bonds. The predicted octanol–water partition coefficient (Wildman–Crippen LogP) is 2.42. The van der Waals surface area contributed by atoms with Gasteiger partial charge < -0.3 is 9.73 Å². The van der Waals surface area contributed by atoms with Crippen molar-refractivity contribution in [2.75, 3.05) is 13.6 Å². The van der Waals surface area contributed by atoms with E-state index >= 15 is 0 Å². The van der Waals surface area contributed by atoms with Crippen LogP contribution in [-0.2, 0) is 16.6 Å². The highest BCUT2D eigenvalue weighted by Crippen LogP contribution is 2.33. The summed E-state index contributed by atoms with van der Waals surface area (Å²) in [6, 6.07) is 0.0378. The Kier molecular flexibility index (Phi) is 4.80. The molecular formula is C15H26N2O3S. The van der Waals surface area contributed by atoms with Crippen molar-refractivity contribution in [3.63, 3.8) is 0 Å². The van der Waals surface area contributed by atoms with Gasteiger partial charge in [-0.3, -0.25) is 0 Å². The minimum Gasteiger partial charge on any atom is -0.465 e. The molecular weight excluding hydrogens is 288 g/mol. The Bertz CT molecular complexity index is 607. The maximum Gasteiger partial charge on any atom is 0.247 e. The highest BCUT2D eigenvalue weighted by molar-refractivity contribution is 7.89. The van der Waals surface area contributed by atoms with Crippen LogP contribution in [0.4, 0.5) is 0 Å². The molecule has 6 heteroatoms. The summed E-state index contributed by atoms with van der Waals surface area (Å²) in [6.45, 7) is 8.81. The summed E-state index contributed by atoms with van der Waals surface area (Å²) in [7, 11) is -1.69. The Morgan fingerprint density at radius 3 is 2.52 bits per heavy atom. The molecule has 2 atom stereocenters. The third-order valence-corrected chi connectivity index (χ3v) is 6.53. The van der Waals surface area contributed by atoms with Crippen LogP contribution in [0.1, 0.15) is 43.8 Å². The molecule has 1 N–H and O–H groups in total. The fraction of sp³-hybridized carbons (Fsp3) is 0.733. The Morgan fingerprint density at radius 2 is 1.95 bits per heavy atom. The van der Waals surface area contributed by atoms with Gasteiger partial charge in [-0.15, -0.1) is 0 Å². The fourth-order valence-electron chi connectivity index (χ4n) is 3.29. The molecule has 0 bridgehead atoms. The zero-order chi connectivity index (χ0) is 15.8. The van der Waals surface area contributed by atoms with Gasteiger partial charge in [-0.2, -0.15) is 4.31 Å². The van der Waals surface area contributed by atoms with Gasteiger partial charge in [0, 0.05) is 24.7 Å². The van der Waals surface area contributed by atoms with Crippen LogP contribution in [0.25, 0.3) is 0 Å². The van der Waals surface area contributed by atoms with Crippen LogP contribution < -0.4 is 5.32 Å². The second-order valence-electron chi connectivity index (χ2n) is 6.15. The summed E-state index contributed by atoms with van der Waals surface area (Å²) in [6.07, 6.45) is 1.83. The van der Waals surface area contributed by atoms with Crippen LogP contribution in [0.5, 0.6) is 0 Å². The van der Waals surface area contributed by atoms with Crippen molar-refractivity contribution >= 4 is 10.0 Å². The molecule has 0 radical (unpaired) electrons. The van der Waals surface area contributed by atoms with E-state index in [9.17, 15) is 8.42 Å². The highest BCUT2D eigenvalue weighted by atomic mass is 32.2. The molecule has 1 aliphatic heterocycles. The fourth-order valence-corrected chi connectivity index (χ4v) is 5.36. The molecule has 2 unspecified atom stereocenters. The number of hydrogen-bond acceptors (Lipinski definition) is 4. The van der Waals surface area contributed by atoms with Crippen LogP contribution in [0.2, 0.25) is 0 Å². The standard InChI is InChI=1S/C15H26N2O3S/c1-10-6-7-17(11(2)8-10)21(18,19)15-13(4)20-12(3)14(15)9-16-5/h10-11,16H,6-9H2,1-5H3. The normalized spacial score (nSPS) is 24.4. The first-order valence-electron chi connectivity index (χ1n) is 7.54. The van der Waals surface area contributed by atoms with Crippen LogP contribution in [-0.4, -0.2) is 32.4 Å². The van der Waals surface area contributed by atoms with Crippen molar-refractivity contribution < 1.29 is 12.8 Å². The van der Waals surface area contributed by atoms with Gasteiger partial charge in [0.1, 0.15) is 16.4 Å². The van der Waals surface area contributed by atoms with Gasteiger partial charge in [-0.25, -0.2) is 8.42 Å².